The maximum absolute atomic E-state index is 16.6. The van der Waals surface area contributed by atoms with Crippen molar-refractivity contribution in [3.05, 3.63) is 60.3 Å². The minimum atomic E-state index is -2.26. The Morgan fingerprint density at radius 1 is 0.441 bits per heavy atom. The van der Waals surface area contributed by atoms with Gasteiger partial charge in [0.25, 0.3) is 0 Å². The molecule has 8 saturated heterocycles. The molecule has 5 aliphatic carbocycles. The maximum atomic E-state index is 16.6. The van der Waals surface area contributed by atoms with E-state index in [2.05, 4.69) is 67.7 Å². The highest BCUT2D eigenvalue weighted by atomic mass is 16.8. The highest BCUT2D eigenvalue weighted by Crippen LogP contribution is 2.76. The van der Waals surface area contributed by atoms with Crippen molar-refractivity contribution in [1.29, 1.82) is 0 Å². The number of hydrogen-bond acceptors (Lipinski definition) is 42. The van der Waals surface area contributed by atoms with Crippen molar-refractivity contribution in [1.82, 2.24) is 0 Å². The van der Waals surface area contributed by atoms with Crippen LogP contribution < -0.4 is 0 Å². The molecule has 13 rings (SSSR count). The number of allylic oxidation sites excluding steroid dienone is 4. The van der Waals surface area contributed by atoms with Crippen molar-refractivity contribution in [2.45, 2.75) is 418 Å². The fourth-order valence-corrected chi connectivity index (χ4v) is 23.3. The number of fused-ring (bicyclic) bond motifs is 7. The van der Waals surface area contributed by atoms with Crippen LogP contribution in [-0.4, -0.2) is 409 Å². The highest BCUT2D eigenvalue weighted by molar-refractivity contribution is 5.89. The van der Waals surface area contributed by atoms with E-state index in [-0.39, 0.29) is 61.5 Å². The summed E-state index contributed by atoms with van der Waals surface area (Å²) < 4.78 is 109. The molecule has 0 bridgehead atoms. The quantitative estimate of drug-likeness (QED) is 0.0114. The Balaban J connectivity index is 0.764. The number of ether oxygens (including phenoxy) is 18. The van der Waals surface area contributed by atoms with E-state index < -0.39 is 341 Å². The smallest absolute Gasteiger partial charge is 0.333 e. The molecule has 13 aliphatic rings. The van der Waals surface area contributed by atoms with Crippen molar-refractivity contribution in [2.75, 3.05) is 39.6 Å². The number of aliphatic hydroxyl groups excluding tert-OH is 19. The third-order valence-electron chi connectivity index (χ3n) is 32.4. The fraction of sp³-hybridized carbons (Fsp3) is 0.862. The SMILES string of the molecule is C=CC(C)(O)CCC=C(C)C(=O)O[C@@H]1[C@@H](O)[C@H](C)O[C@@H](OC[C@H]2O[C@@H](OC(=O)[C@]34CCC(C)(C)C[C@H]3C3=CCC5[C@@]6(C)CC[C@H](O[C@@H]7O[C@H](CO[C@@H]8OC[C@H](O)[C@H](O)[C@H]8O[C@@H]8OC[C@@H](O)[C@H](O)[C@H]8O)[C@@H](O)[C@H](O)[C@H]7O)C(C)(C)C6CC[C@@]5(C)[C@]3(C)C[C@H]4O)[C@H](O[C@@H]3O[C@@H](C)[C@H](O[C@@H]4OC[C@@H](O)[C@H](O[C@@H]5OC[C@@H](O)[C@H](O)[C@H]5O)[C@H]4O)[C@@H](O)[C@H]3O)[C@@H](O)[C@@H]2O)[C@@H]1OC(=O)C(C)=CCCC(C)(O)C=C. The molecular weight excluding hydrogens is 1800 g/mol. The second-order valence-electron chi connectivity index (χ2n) is 42.6. The van der Waals surface area contributed by atoms with Gasteiger partial charge in [-0.3, -0.25) is 4.79 Å². The second kappa shape index (κ2) is 42.8. The van der Waals surface area contributed by atoms with Crippen LogP contribution in [0.1, 0.15) is 173 Å². The van der Waals surface area contributed by atoms with Crippen molar-refractivity contribution in [3.8, 4) is 0 Å². The summed E-state index contributed by atoms with van der Waals surface area (Å²) >= 11 is 0. The Kier molecular flexibility index (Phi) is 34.2. The van der Waals surface area contributed by atoms with E-state index in [0.29, 0.717) is 44.9 Å². The summed E-state index contributed by atoms with van der Waals surface area (Å²) in [4.78, 5) is 45.0. The van der Waals surface area contributed by atoms with Gasteiger partial charge in [-0.2, -0.15) is 0 Å². The summed E-state index contributed by atoms with van der Waals surface area (Å²) in [7, 11) is 0. The molecule has 0 amide bonds. The first-order valence-corrected chi connectivity index (χ1v) is 47.5. The lowest BCUT2D eigenvalue weighted by atomic mass is 9.33. The van der Waals surface area contributed by atoms with Gasteiger partial charge < -0.3 is 193 Å². The van der Waals surface area contributed by atoms with Gasteiger partial charge in [-0.25, -0.2) is 9.59 Å². The van der Waals surface area contributed by atoms with Crippen LogP contribution in [0.25, 0.3) is 0 Å². The van der Waals surface area contributed by atoms with Crippen LogP contribution in [0.15, 0.2) is 60.3 Å². The van der Waals surface area contributed by atoms with Crippen molar-refractivity contribution in [2.24, 2.45) is 50.2 Å². The second-order valence-corrected chi connectivity index (χ2v) is 42.6. The van der Waals surface area contributed by atoms with E-state index in [1.807, 2.05) is 0 Å². The van der Waals surface area contributed by atoms with Crippen LogP contribution in [0.5, 0.6) is 0 Å². The molecule has 136 heavy (non-hydrogen) atoms. The summed E-state index contributed by atoms with van der Waals surface area (Å²) in [5.41, 5.74) is -6.56. The van der Waals surface area contributed by atoms with Crippen molar-refractivity contribution in [3.63, 3.8) is 0 Å². The number of hydrogen-bond donors (Lipinski definition) is 21. The van der Waals surface area contributed by atoms with Gasteiger partial charge in [-0.15, -0.1) is 13.2 Å². The van der Waals surface area contributed by atoms with Crippen LogP contribution in [-0.2, 0) is 99.6 Å². The van der Waals surface area contributed by atoms with Crippen LogP contribution in [0.4, 0.5) is 0 Å². The number of esters is 3. The van der Waals surface area contributed by atoms with Gasteiger partial charge >= 0.3 is 17.9 Å². The van der Waals surface area contributed by atoms with E-state index in [4.69, 9.17) is 85.3 Å². The molecule has 21 N–H and O–H groups in total. The number of carbonyl (C=O) groups is 3. The molecule has 8 heterocycles. The zero-order chi connectivity index (χ0) is 99.8. The predicted molar refractivity (Wildman–Crippen MR) is 463 cm³/mol. The summed E-state index contributed by atoms with van der Waals surface area (Å²) in [5, 5.41) is 237. The van der Waals surface area contributed by atoms with Gasteiger partial charge in [0, 0.05) is 11.1 Å². The first kappa shape index (κ1) is 109. The lowest BCUT2D eigenvalue weighted by Crippen LogP contribution is -2.69. The lowest BCUT2D eigenvalue weighted by Gasteiger charge is -2.71. The van der Waals surface area contributed by atoms with Crippen molar-refractivity contribution < 1.29 is 207 Å². The summed E-state index contributed by atoms with van der Waals surface area (Å²) in [6.45, 7) is 27.5. The minimum Gasteiger partial charge on any atom is -0.452 e. The standard InChI is InChI=1S/C94H148O42/c1-16-89(11,117)26-18-20-40(3)76(114)130-72-56(100)42(5)125-84(75(72)131-77(115)41(4)21-19-27-90(12,118)17-2)124-39-51-61(105)63(107)74(135-81-68(112)64(108)70(43(6)126-81)132-80-69(113)71(49(98)37-121-80)133-78-65(109)57(101)46(95)34-119-78)85(128-51)136-86(116)94-31-30-87(7,8)32-45(94)44-22-23-53-91(13)28-25-55(88(9,10)52(91)24-29-92(53,14)93(44,15)33-54(94)99)129-82-67(111)62(106)60(104)50(127-82)38-123-83-73(59(103)48(97)36-122-83)134-79-66(110)58(102)47(96)35-120-79/h16-17,20-22,42-43,45-75,78-85,95-113,117-118H,1-2,18-19,23-39H2,3-15H3/t42-,43-,45-,46+,47+,48-,49+,50+,51+,52?,53?,54+,55-,56-,57-,58-,59-,60+,61+,62-,63-,64-,65+,66+,67+,68+,69+,70-,71-,72+,73+,74+,75+,78-,79-,80-,81-,82-,83-,84+,85-,89?,90?,91-,92+,93+,94+/m0/s1. The molecule has 0 aromatic heterocycles. The molecule has 8 aliphatic heterocycles. The summed E-state index contributed by atoms with van der Waals surface area (Å²) in [6.07, 6.45) is -53.5. The lowest BCUT2D eigenvalue weighted by molar-refractivity contribution is -0.381. The maximum Gasteiger partial charge on any atom is 0.333 e. The Morgan fingerprint density at radius 3 is 1.49 bits per heavy atom. The van der Waals surface area contributed by atoms with Gasteiger partial charge in [-0.1, -0.05) is 84.4 Å². The van der Waals surface area contributed by atoms with E-state index in [1.54, 1.807) is 0 Å². The molecule has 0 radical (unpaired) electrons. The zero-order valence-electron chi connectivity index (χ0n) is 79.4. The predicted octanol–water partition coefficient (Wildman–Crippen LogP) is -2.73. The monoisotopic (exact) mass is 1950 g/mol. The van der Waals surface area contributed by atoms with Crippen molar-refractivity contribution >= 4 is 17.9 Å². The van der Waals surface area contributed by atoms with Crippen LogP contribution in [0.3, 0.4) is 0 Å². The van der Waals surface area contributed by atoms with E-state index in [9.17, 15) is 117 Å². The number of carbonyl (C=O) groups excluding carboxylic acids is 3. The molecule has 4 saturated carbocycles. The third kappa shape index (κ3) is 21.7. The number of rotatable bonds is 30. The Labute approximate surface area is 789 Å². The van der Waals surface area contributed by atoms with Crippen LogP contribution in [0, 0.1) is 50.2 Å². The van der Waals surface area contributed by atoms with E-state index in [1.165, 1.54) is 65.8 Å². The molecular formula is C94H148O42. The molecule has 0 aromatic carbocycles. The average Bonchev–Trinajstić information content (AvgIpc) is 0.668. The van der Waals surface area contributed by atoms with Gasteiger partial charge in [0.15, 0.2) is 62.3 Å². The molecule has 42 nitrogen and oxygen atoms in total. The Hall–Kier alpha value is -4.33. The average molecular weight is 1950 g/mol. The van der Waals surface area contributed by atoms with Gasteiger partial charge in [0.2, 0.25) is 6.29 Å². The summed E-state index contributed by atoms with van der Waals surface area (Å²) in [6, 6.07) is 0. The Bertz CT molecular complexity index is 4170. The van der Waals surface area contributed by atoms with Crippen LogP contribution >= 0.6 is 0 Å². The first-order valence-electron chi connectivity index (χ1n) is 47.5. The highest BCUT2D eigenvalue weighted by Gasteiger charge is 2.73. The molecule has 42 heteroatoms. The van der Waals surface area contributed by atoms with E-state index >= 15 is 4.79 Å². The molecule has 12 fully saturated rings. The normalized spacial score (nSPS) is 48.5. The first-order chi connectivity index (χ1) is 63.6. The van der Waals surface area contributed by atoms with Gasteiger partial charge in [0.1, 0.15) is 146 Å². The zero-order valence-corrected chi connectivity index (χ0v) is 79.4. The van der Waals surface area contributed by atoms with Crippen LogP contribution in [0.2, 0.25) is 0 Å². The molecule has 0 aromatic rings. The third-order valence-corrected chi connectivity index (χ3v) is 32.4. The fourth-order valence-electron chi connectivity index (χ4n) is 23.3. The molecule has 0 spiro atoms. The largest absolute Gasteiger partial charge is 0.452 e. The minimum absolute atomic E-state index is 0.00465. The summed E-state index contributed by atoms with van der Waals surface area (Å²) in [5.74, 6) is -3.96. The number of aliphatic hydroxyl groups is 21. The molecule has 47 atom stereocenters. The molecule has 4 unspecified atom stereocenters. The van der Waals surface area contributed by atoms with Gasteiger partial charge in [0.05, 0.1) is 75.3 Å². The Morgan fingerprint density at radius 2 is 0.904 bits per heavy atom. The van der Waals surface area contributed by atoms with E-state index in [0.717, 1.165) is 5.57 Å². The topological polar surface area (TPSA) is 642 Å². The van der Waals surface area contributed by atoms with Gasteiger partial charge in [-0.05, 0) is 170 Å². The molecule has 776 valence electrons.